The molecule has 0 aliphatic heterocycles. The molecule has 0 spiro atoms. The molecule has 1 aromatic heterocycles. The molecule has 0 saturated heterocycles. The van der Waals surface area contributed by atoms with Gasteiger partial charge in [0, 0.05) is 15.8 Å². The maximum atomic E-state index is 11.4. The van der Waals surface area contributed by atoms with Crippen LogP contribution in [-0.2, 0) is 12.8 Å². The van der Waals surface area contributed by atoms with Crippen LogP contribution in [0.2, 0.25) is 0 Å². The second-order valence-electron chi connectivity index (χ2n) is 3.56. The Hall–Kier alpha value is -0.630. The maximum Gasteiger partial charge on any atom is 0.160 e. The molecule has 0 unspecified atom stereocenters. The van der Waals surface area contributed by atoms with Gasteiger partial charge in [0.15, 0.2) is 5.78 Å². The summed E-state index contributed by atoms with van der Waals surface area (Å²) in [5.41, 5.74) is 2.27. The number of aryl methyl sites for hydroxylation is 1. The Morgan fingerprint density at radius 3 is 2.64 bits per heavy atom. The lowest BCUT2D eigenvalue weighted by molar-refractivity contribution is 0.101. The van der Waals surface area contributed by atoms with Gasteiger partial charge in [0.05, 0.1) is 0 Å². The molecule has 2 heteroatoms. The van der Waals surface area contributed by atoms with Crippen LogP contribution in [0, 0.1) is 0 Å². The van der Waals surface area contributed by atoms with Gasteiger partial charge in [0.1, 0.15) is 0 Å². The zero-order valence-corrected chi connectivity index (χ0v) is 10.0. The number of thiophene rings is 1. The lowest BCUT2D eigenvalue weighted by Gasteiger charge is -2.03. The Bertz CT molecular complexity index is 312. The predicted octanol–water partition coefficient (Wildman–Crippen LogP) is 3.86. The molecule has 0 fully saturated rings. The van der Waals surface area contributed by atoms with Gasteiger partial charge >= 0.3 is 0 Å². The number of ketones is 1. The van der Waals surface area contributed by atoms with E-state index in [1.807, 2.05) is 5.38 Å². The van der Waals surface area contributed by atoms with Crippen LogP contribution in [0.1, 0.15) is 54.4 Å². The Morgan fingerprint density at radius 1 is 1.43 bits per heavy atom. The molecular formula is C12H18OS. The summed E-state index contributed by atoms with van der Waals surface area (Å²) in [6.07, 6.45) is 4.50. The van der Waals surface area contributed by atoms with E-state index in [0.717, 1.165) is 18.4 Å². The monoisotopic (exact) mass is 210 g/mol. The highest BCUT2D eigenvalue weighted by Gasteiger charge is 2.12. The molecule has 0 aromatic carbocycles. The first-order valence-electron chi connectivity index (χ1n) is 5.30. The Morgan fingerprint density at radius 2 is 2.14 bits per heavy atom. The lowest BCUT2D eigenvalue weighted by Crippen LogP contribution is -1.98. The Labute approximate surface area is 90.2 Å². The average molecular weight is 210 g/mol. The first kappa shape index (κ1) is 11.4. The van der Waals surface area contributed by atoms with Gasteiger partial charge in [-0.15, -0.1) is 11.3 Å². The number of carbonyl (C=O) groups is 1. The van der Waals surface area contributed by atoms with Crippen molar-refractivity contribution in [1.29, 1.82) is 0 Å². The van der Waals surface area contributed by atoms with Crippen LogP contribution in [0.3, 0.4) is 0 Å². The van der Waals surface area contributed by atoms with E-state index in [-0.39, 0.29) is 5.78 Å². The zero-order valence-electron chi connectivity index (χ0n) is 9.22. The van der Waals surface area contributed by atoms with E-state index in [1.165, 1.54) is 23.3 Å². The Kier molecular flexibility index (Phi) is 4.33. The molecule has 0 saturated carbocycles. The molecule has 14 heavy (non-hydrogen) atoms. The van der Waals surface area contributed by atoms with Crippen LogP contribution in [0.25, 0.3) is 0 Å². The van der Waals surface area contributed by atoms with Crippen molar-refractivity contribution in [3.05, 3.63) is 21.4 Å². The van der Waals surface area contributed by atoms with E-state index in [1.54, 1.807) is 18.3 Å². The van der Waals surface area contributed by atoms with Crippen LogP contribution in [0.15, 0.2) is 5.38 Å². The first-order valence-corrected chi connectivity index (χ1v) is 6.18. The zero-order chi connectivity index (χ0) is 10.6. The van der Waals surface area contributed by atoms with Gasteiger partial charge < -0.3 is 0 Å². The average Bonchev–Trinajstić information content (AvgIpc) is 2.57. The van der Waals surface area contributed by atoms with Crippen LogP contribution >= 0.6 is 11.3 Å². The minimum atomic E-state index is 0.215. The van der Waals surface area contributed by atoms with Gasteiger partial charge in [0.2, 0.25) is 0 Å². The number of hydrogen-bond donors (Lipinski definition) is 0. The fraction of sp³-hybridized carbons (Fsp3) is 0.583. The smallest absolute Gasteiger partial charge is 0.160 e. The normalized spacial score (nSPS) is 10.5. The van der Waals surface area contributed by atoms with Crippen LogP contribution in [0.4, 0.5) is 0 Å². The topological polar surface area (TPSA) is 17.1 Å². The van der Waals surface area contributed by atoms with Crippen molar-refractivity contribution in [3.8, 4) is 0 Å². The molecule has 1 aromatic rings. The van der Waals surface area contributed by atoms with Crippen LogP contribution in [-0.4, -0.2) is 5.78 Å². The summed E-state index contributed by atoms with van der Waals surface area (Å²) >= 11 is 1.73. The third-order valence-electron chi connectivity index (χ3n) is 2.46. The van der Waals surface area contributed by atoms with Gasteiger partial charge in [-0.2, -0.15) is 0 Å². The summed E-state index contributed by atoms with van der Waals surface area (Å²) in [5, 5.41) is 2.02. The quantitative estimate of drug-likeness (QED) is 0.674. The second kappa shape index (κ2) is 5.30. The van der Waals surface area contributed by atoms with Gasteiger partial charge in [-0.3, -0.25) is 4.79 Å². The minimum Gasteiger partial charge on any atom is -0.294 e. The fourth-order valence-electron chi connectivity index (χ4n) is 1.64. The van der Waals surface area contributed by atoms with Crippen molar-refractivity contribution < 1.29 is 4.79 Å². The van der Waals surface area contributed by atoms with Crippen LogP contribution < -0.4 is 0 Å². The van der Waals surface area contributed by atoms with Crippen molar-refractivity contribution >= 4 is 17.1 Å². The van der Waals surface area contributed by atoms with Gasteiger partial charge in [0.25, 0.3) is 0 Å². The number of rotatable bonds is 5. The van der Waals surface area contributed by atoms with Crippen molar-refractivity contribution in [2.24, 2.45) is 0 Å². The number of carbonyl (C=O) groups excluding carboxylic acids is 1. The SMILES string of the molecule is CCCCc1c(C(C)=O)csc1CC. The first-order chi connectivity index (χ1) is 6.70. The van der Waals surface area contributed by atoms with Crippen LogP contribution in [0.5, 0.6) is 0 Å². The molecule has 0 radical (unpaired) electrons. The molecule has 1 rings (SSSR count). The number of hydrogen-bond acceptors (Lipinski definition) is 2. The molecule has 0 amide bonds. The summed E-state index contributed by atoms with van der Waals surface area (Å²) in [6.45, 7) is 6.01. The second-order valence-corrected chi connectivity index (χ2v) is 4.53. The molecule has 0 N–H and O–H groups in total. The fourth-order valence-corrected chi connectivity index (χ4v) is 2.73. The van der Waals surface area contributed by atoms with Crippen molar-refractivity contribution in [3.63, 3.8) is 0 Å². The highest BCUT2D eigenvalue weighted by atomic mass is 32.1. The maximum absolute atomic E-state index is 11.4. The highest BCUT2D eigenvalue weighted by molar-refractivity contribution is 7.10. The molecule has 0 aliphatic rings. The van der Waals surface area contributed by atoms with Gasteiger partial charge in [-0.1, -0.05) is 20.3 Å². The van der Waals surface area contributed by atoms with Crippen molar-refractivity contribution in [1.82, 2.24) is 0 Å². The molecule has 1 nitrogen and oxygen atoms in total. The van der Waals surface area contributed by atoms with Crippen molar-refractivity contribution in [2.45, 2.75) is 46.5 Å². The predicted molar refractivity (Wildman–Crippen MR) is 62.3 cm³/mol. The Balaban J connectivity index is 2.93. The molecule has 0 bridgehead atoms. The summed E-state index contributed by atoms with van der Waals surface area (Å²) in [5.74, 6) is 0.215. The lowest BCUT2D eigenvalue weighted by atomic mass is 10.0. The molecular weight excluding hydrogens is 192 g/mol. The van der Waals surface area contributed by atoms with E-state index in [2.05, 4.69) is 13.8 Å². The molecule has 0 aliphatic carbocycles. The third kappa shape index (κ3) is 2.44. The summed E-state index contributed by atoms with van der Waals surface area (Å²) in [4.78, 5) is 12.8. The largest absolute Gasteiger partial charge is 0.294 e. The summed E-state index contributed by atoms with van der Waals surface area (Å²) < 4.78 is 0. The highest BCUT2D eigenvalue weighted by Crippen LogP contribution is 2.25. The van der Waals surface area contributed by atoms with Crippen molar-refractivity contribution in [2.75, 3.05) is 0 Å². The van der Waals surface area contributed by atoms with E-state index >= 15 is 0 Å². The molecule has 78 valence electrons. The minimum absolute atomic E-state index is 0.215. The third-order valence-corrected chi connectivity index (χ3v) is 3.63. The standard InChI is InChI=1S/C12H18OS/c1-4-6-7-10-11(9(3)13)8-14-12(10)5-2/h8H,4-7H2,1-3H3. The molecule has 1 heterocycles. The number of Topliss-reactive ketones (excluding diaryl/α,β-unsaturated/α-hetero) is 1. The van der Waals surface area contributed by atoms with E-state index < -0.39 is 0 Å². The molecule has 0 atom stereocenters. The van der Waals surface area contributed by atoms with E-state index in [4.69, 9.17) is 0 Å². The van der Waals surface area contributed by atoms with Gasteiger partial charge in [-0.25, -0.2) is 0 Å². The van der Waals surface area contributed by atoms with Gasteiger partial charge in [-0.05, 0) is 31.7 Å². The summed E-state index contributed by atoms with van der Waals surface area (Å²) in [6, 6.07) is 0. The van der Waals surface area contributed by atoms with E-state index in [9.17, 15) is 4.79 Å². The number of unbranched alkanes of at least 4 members (excludes halogenated alkanes) is 1. The van der Waals surface area contributed by atoms with E-state index in [0.29, 0.717) is 0 Å². The summed E-state index contributed by atoms with van der Waals surface area (Å²) in [7, 11) is 0.